The lowest BCUT2D eigenvalue weighted by Gasteiger charge is -2.27. The van der Waals surface area contributed by atoms with Gasteiger partial charge in [0.25, 0.3) is 0 Å². The number of carbonyl (C=O) groups is 1. The molecule has 122 valence electrons. The van der Waals surface area contributed by atoms with Crippen LogP contribution in [0.3, 0.4) is 0 Å². The fourth-order valence-electron chi connectivity index (χ4n) is 3.22. The number of aldehydes is 1. The first kappa shape index (κ1) is 15.1. The van der Waals surface area contributed by atoms with E-state index >= 15 is 0 Å². The van der Waals surface area contributed by atoms with E-state index in [1.165, 1.54) is 19.3 Å². The number of anilines is 1. The summed E-state index contributed by atoms with van der Waals surface area (Å²) in [6.07, 6.45) is 6.36. The van der Waals surface area contributed by atoms with Crippen LogP contribution < -0.4 is 4.90 Å². The van der Waals surface area contributed by atoms with Gasteiger partial charge in [0.2, 0.25) is 0 Å². The third-order valence-corrected chi connectivity index (χ3v) is 4.84. The van der Waals surface area contributed by atoms with Crippen molar-refractivity contribution in [2.45, 2.75) is 19.3 Å². The summed E-state index contributed by atoms with van der Waals surface area (Å²) in [7, 11) is 0. The highest BCUT2D eigenvalue weighted by Gasteiger charge is 2.14. The molecule has 4 rings (SSSR count). The number of H-pyrrole nitrogens is 1. The number of fused-ring (bicyclic) bond motifs is 1. The molecule has 0 unspecified atom stereocenters. The van der Waals surface area contributed by atoms with Gasteiger partial charge in [-0.2, -0.15) is 5.10 Å². The topological polar surface area (TPSA) is 61.9 Å². The first-order valence-corrected chi connectivity index (χ1v) is 8.48. The predicted octanol–water partition coefficient (Wildman–Crippen LogP) is 4.08. The van der Waals surface area contributed by atoms with E-state index in [9.17, 15) is 4.79 Å². The second-order valence-corrected chi connectivity index (χ2v) is 6.46. The van der Waals surface area contributed by atoms with Crippen LogP contribution in [0.1, 0.15) is 29.8 Å². The van der Waals surface area contributed by atoms with Crippen LogP contribution >= 0.6 is 11.6 Å². The molecule has 0 spiro atoms. The fraction of sp³-hybridized carbons (Fsp3) is 0.278. The summed E-state index contributed by atoms with van der Waals surface area (Å²) in [5.41, 5.74) is 2.93. The number of benzene rings is 1. The third kappa shape index (κ3) is 2.65. The highest BCUT2D eigenvalue weighted by Crippen LogP contribution is 2.33. The monoisotopic (exact) mass is 340 g/mol. The predicted molar refractivity (Wildman–Crippen MR) is 95.8 cm³/mol. The van der Waals surface area contributed by atoms with Crippen LogP contribution in [0.15, 0.2) is 30.5 Å². The number of nitrogens with one attached hydrogen (secondary N) is 1. The zero-order chi connectivity index (χ0) is 16.5. The smallest absolute Gasteiger partial charge is 0.168 e. The number of hydrogen-bond acceptors (Lipinski definition) is 4. The van der Waals surface area contributed by atoms with Crippen molar-refractivity contribution in [2.75, 3.05) is 18.0 Å². The standard InChI is InChI=1S/C18H17ClN4O/c19-15-9-16-14(17(11-24)22-21-16)8-13(15)12-4-5-18(20-10-12)23-6-2-1-3-7-23/h4-5,8-11H,1-3,6-7H2,(H,21,22). The Morgan fingerprint density at radius 1 is 1.17 bits per heavy atom. The van der Waals surface area contributed by atoms with Crippen molar-refractivity contribution in [3.8, 4) is 11.1 Å². The summed E-state index contributed by atoms with van der Waals surface area (Å²) in [5, 5.41) is 8.18. The maximum Gasteiger partial charge on any atom is 0.168 e. The van der Waals surface area contributed by atoms with Gasteiger partial charge >= 0.3 is 0 Å². The molecule has 0 saturated carbocycles. The summed E-state index contributed by atoms with van der Waals surface area (Å²) < 4.78 is 0. The van der Waals surface area contributed by atoms with E-state index in [1.807, 2.05) is 24.4 Å². The number of pyridine rings is 1. The number of aromatic amines is 1. The molecule has 0 radical (unpaired) electrons. The van der Waals surface area contributed by atoms with E-state index in [0.717, 1.165) is 41.7 Å². The molecule has 1 aliphatic heterocycles. The van der Waals surface area contributed by atoms with E-state index in [4.69, 9.17) is 11.6 Å². The molecule has 2 aromatic heterocycles. The molecule has 0 amide bonds. The Morgan fingerprint density at radius 3 is 2.71 bits per heavy atom. The lowest BCUT2D eigenvalue weighted by molar-refractivity contribution is 0.112. The van der Waals surface area contributed by atoms with Gasteiger partial charge in [-0.05, 0) is 43.5 Å². The Labute approximate surface area is 144 Å². The number of halogens is 1. The number of nitrogens with zero attached hydrogens (tertiary/aromatic N) is 3. The van der Waals surface area contributed by atoms with Gasteiger partial charge in [-0.15, -0.1) is 0 Å². The van der Waals surface area contributed by atoms with Crippen LogP contribution in [0.2, 0.25) is 5.02 Å². The normalized spacial score (nSPS) is 15.0. The first-order valence-electron chi connectivity index (χ1n) is 8.10. The molecule has 1 aromatic carbocycles. The molecule has 3 heterocycles. The average Bonchev–Trinajstić information content (AvgIpc) is 3.03. The highest BCUT2D eigenvalue weighted by molar-refractivity contribution is 6.34. The Kier molecular flexibility index (Phi) is 3.94. The van der Waals surface area contributed by atoms with Crippen molar-refractivity contribution in [3.63, 3.8) is 0 Å². The third-order valence-electron chi connectivity index (χ3n) is 4.53. The Balaban J connectivity index is 1.71. The highest BCUT2D eigenvalue weighted by atomic mass is 35.5. The summed E-state index contributed by atoms with van der Waals surface area (Å²) in [6, 6.07) is 7.73. The van der Waals surface area contributed by atoms with E-state index < -0.39 is 0 Å². The van der Waals surface area contributed by atoms with E-state index in [1.54, 1.807) is 6.07 Å². The van der Waals surface area contributed by atoms with Crippen molar-refractivity contribution >= 4 is 34.6 Å². The molecule has 0 bridgehead atoms. The van der Waals surface area contributed by atoms with Crippen LogP contribution in [0, 0.1) is 0 Å². The van der Waals surface area contributed by atoms with E-state index in [-0.39, 0.29) is 0 Å². The zero-order valence-electron chi connectivity index (χ0n) is 13.1. The van der Waals surface area contributed by atoms with Gasteiger partial charge in [0.15, 0.2) is 6.29 Å². The van der Waals surface area contributed by atoms with E-state index in [2.05, 4.69) is 20.1 Å². The lowest BCUT2D eigenvalue weighted by atomic mass is 10.0. The summed E-state index contributed by atoms with van der Waals surface area (Å²) >= 11 is 6.40. The fourth-order valence-corrected chi connectivity index (χ4v) is 3.49. The van der Waals surface area contributed by atoms with Gasteiger partial charge in [0, 0.05) is 35.8 Å². The van der Waals surface area contributed by atoms with Crippen LogP contribution in [-0.4, -0.2) is 34.6 Å². The number of rotatable bonds is 3. The van der Waals surface area contributed by atoms with Crippen LogP contribution in [0.25, 0.3) is 22.0 Å². The van der Waals surface area contributed by atoms with Gasteiger partial charge in [-0.3, -0.25) is 9.89 Å². The first-order chi connectivity index (χ1) is 11.8. The summed E-state index contributed by atoms with van der Waals surface area (Å²) in [5.74, 6) is 1.01. The minimum Gasteiger partial charge on any atom is -0.357 e. The van der Waals surface area contributed by atoms with Gasteiger partial charge in [-0.1, -0.05) is 11.6 Å². The summed E-state index contributed by atoms with van der Waals surface area (Å²) in [6.45, 7) is 2.13. The minimum atomic E-state index is 0.459. The molecule has 1 aliphatic rings. The molecular formula is C18H17ClN4O. The Hall–Kier alpha value is -2.40. The van der Waals surface area contributed by atoms with Crippen LogP contribution in [0.5, 0.6) is 0 Å². The van der Waals surface area contributed by atoms with Gasteiger partial charge in [0.1, 0.15) is 11.5 Å². The van der Waals surface area contributed by atoms with Crippen LogP contribution in [-0.2, 0) is 0 Å². The van der Waals surface area contributed by atoms with Crippen molar-refractivity contribution in [2.24, 2.45) is 0 Å². The molecule has 5 nitrogen and oxygen atoms in total. The van der Waals surface area contributed by atoms with Crippen molar-refractivity contribution in [3.05, 3.63) is 41.2 Å². The molecule has 0 atom stereocenters. The molecule has 1 fully saturated rings. The molecule has 1 saturated heterocycles. The lowest BCUT2D eigenvalue weighted by Crippen LogP contribution is -2.29. The van der Waals surface area contributed by atoms with Gasteiger partial charge < -0.3 is 4.90 Å². The van der Waals surface area contributed by atoms with Crippen molar-refractivity contribution in [1.82, 2.24) is 15.2 Å². The molecule has 1 N–H and O–H groups in total. The number of aromatic nitrogens is 3. The average molecular weight is 341 g/mol. The largest absolute Gasteiger partial charge is 0.357 e. The molecule has 6 heteroatoms. The molecule has 0 aliphatic carbocycles. The summed E-state index contributed by atoms with van der Waals surface area (Å²) in [4.78, 5) is 18.0. The maximum atomic E-state index is 11.1. The van der Waals surface area contributed by atoms with Gasteiger partial charge in [0.05, 0.1) is 10.5 Å². The SMILES string of the molecule is O=Cc1[nH]nc2cc(Cl)c(-c3ccc(N4CCCCC4)nc3)cc12. The second kappa shape index (κ2) is 6.24. The molecule has 3 aromatic rings. The number of hydrogen-bond donors (Lipinski definition) is 1. The molecular weight excluding hydrogens is 324 g/mol. The quantitative estimate of drug-likeness (QED) is 0.730. The van der Waals surface area contributed by atoms with Gasteiger partial charge in [-0.25, -0.2) is 4.98 Å². The number of carbonyl (C=O) groups excluding carboxylic acids is 1. The van der Waals surface area contributed by atoms with Crippen molar-refractivity contribution in [1.29, 1.82) is 0 Å². The molecule has 24 heavy (non-hydrogen) atoms. The zero-order valence-corrected chi connectivity index (χ0v) is 13.9. The Morgan fingerprint density at radius 2 is 2.00 bits per heavy atom. The van der Waals surface area contributed by atoms with Crippen molar-refractivity contribution < 1.29 is 4.79 Å². The number of piperidine rings is 1. The minimum absolute atomic E-state index is 0.459. The Bertz CT molecular complexity index is 882. The maximum absolute atomic E-state index is 11.1. The second-order valence-electron chi connectivity index (χ2n) is 6.06. The van der Waals surface area contributed by atoms with Crippen LogP contribution in [0.4, 0.5) is 5.82 Å². The van der Waals surface area contributed by atoms with E-state index in [0.29, 0.717) is 16.2 Å².